The van der Waals surface area contributed by atoms with Gasteiger partial charge in [0.2, 0.25) is 5.13 Å². The van der Waals surface area contributed by atoms with Crippen molar-refractivity contribution in [1.29, 1.82) is 0 Å². The molecule has 0 unspecified atom stereocenters. The second-order valence-corrected chi connectivity index (χ2v) is 11.8. The standard InChI is InChI=1S/C21H16N6O9S4/c1-10-19(24-25-21-23-16-8-13(38-35-33-28)3-5-17(16)37-21)20(22)27(26-10)12-2-4-15-11(6-12)7-14(40(30,31)32)9-18(15)39-36-34-29/h2-9,28-29H,22H2,1H3,(H,30,31,32)/b25-24+. The zero-order valence-corrected chi connectivity index (χ0v) is 23.1. The van der Waals surface area contributed by atoms with Crippen molar-refractivity contribution >= 4 is 83.2 Å². The van der Waals surface area contributed by atoms with Gasteiger partial charge >= 0.3 is 0 Å². The molecule has 0 aliphatic carbocycles. The van der Waals surface area contributed by atoms with E-state index in [0.717, 1.165) is 16.7 Å². The molecule has 3 aromatic carbocycles. The zero-order chi connectivity index (χ0) is 28.4. The van der Waals surface area contributed by atoms with Crippen LogP contribution in [0.3, 0.4) is 0 Å². The molecule has 0 spiro atoms. The Bertz CT molecular complexity index is 1860. The molecular weight excluding hydrogens is 609 g/mol. The molecule has 2 aromatic heterocycles. The van der Waals surface area contributed by atoms with Gasteiger partial charge in [0.1, 0.15) is 0 Å². The number of benzene rings is 3. The van der Waals surface area contributed by atoms with Crippen molar-refractivity contribution in [1.82, 2.24) is 14.8 Å². The summed E-state index contributed by atoms with van der Waals surface area (Å²) in [6, 6.07) is 12.7. The number of azo groups is 1. The van der Waals surface area contributed by atoms with Gasteiger partial charge in [0.05, 0.1) is 50.6 Å². The fourth-order valence-electron chi connectivity index (χ4n) is 3.69. The van der Waals surface area contributed by atoms with Crippen molar-refractivity contribution in [3.63, 3.8) is 0 Å². The molecule has 0 saturated carbocycles. The average molecular weight is 625 g/mol. The Kier molecular flexibility index (Phi) is 8.30. The predicted molar refractivity (Wildman–Crippen MR) is 145 cm³/mol. The number of hydrogen-bond acceptors (Lipinski definition) is 16. The number of nitrogens with two attached hydrogens (primary N) is 1. The number of hydrogen-bond donors (Lipinski definition) is 4. The molecule has 0 atom stereocenters. The lowest BCUT2D eigenvalue weighted by molar-refractivity contribution is -0.432. The predicted octanol–water partition coefficient (Wildman–Crippen LogP) is 6.04. The number of aromatic nitrogens is 3. The van der Waals surface area contributed by atoms with E-state index in [1.165, 1.54) is 28.2 Å². The average Bonchev–Trinajstić information content (AvgIpc) is 3.47. The van der Waals surface area contributed by atoms with Gasteiger partial charge in [-0.3, -0.25) is 4.55 Å². The van der Waals surface area contributed by atoms with Gasteiger partial charge in [0.25, 0.3) is 10.1 Å². The van der Waals surface area contributed by atoms with Gasteiger partial charge in [-0.25, -0.2) is 20.2 Å². The lowest BCUT2D eigenvalue weighted by atomic mass is 10.1. The van der Waals surface area contributed by atoms with Crippen molar-refractivity contribution < 1.29 is 42.2 Å². The summed E-state index contributed by atoms with van der Waals surface area (Å²) in [4.78, 5) is 4.93. The molecule has 0 bridgehead atoms. The number of aryl methyl sites for hydroxylation is 1. The van der Waals surface area contributed by atoms with Crippen molar-refractivity contribution in [3.05, 3.63) is 54.2 Å². The van der Waals surface area contributed by atoms with Crippen LogP contribution >= 0.6 is 35.4 Å². The quantitative estimate of drug-likeness (QED) is 0.0458. The monoisotopic (exact) mass is 624 g/mol. The Morgan fingerprint density at radius 1 is 1.02 bits per heavy atom. The van der Waals surface area contributed by atoms with Gasteiger partial charge < -0.3 is 5.73 Å². The number of thiazole rings is 1. The molecule has 5 N–H and O–H groups in total. The number of nitrogen functional groups attached to an aromatic ring is 1. The Hall–Kier alpha value is -3.21. The van der Waals surface area contributed by atoms with E-state index in [1.54, 1.807) is 37.3 Å². The maximum atomic E-state index is 11.8. The molecule has 0 aliphatic rings. The van der Waals surface area contributed by atoms with Crippen LogP contribution in [0.15, 0.2) is 73.4 Å². The highest BCUT2D eigenvalue weighted by molar-refractivity contribution is 7.95. The second kappa shape index (κ2) is 11.7. The van der Waals surface area contributed by atoms with E-state index in [-0.39, 0.29) is 10.7 Å². The molecule has 2 heterocycles. The Labute approximate surface area is 237 Å². The highest BCUT2D eigenvalue weighted by Gasteiger charge is 2.18. The molecule has 15 nitrogen and oxygen atoms in total. The summed E-state index contributed by atoms with van der Waals surface area (Å²) in [6.07, 6.45) is 0. The summed E-state index contributed by atoms with van der Waals surface area (Å²) in [5.41, 5.74) is 8.24. The minimum atomic E-state index is -4.56. The molecule has 0 aliphatic heterocycles. The highest BCUT2D eigenvalue weighted by Crippen LogP contribution is 2.37. The molecule has 208 valence electrons. The number of nitrogens with zero attached hydrogens (tertiary/aromatic N) is 5. The third-order valence-electron chi connectivity index (χ3n) is 5.38. The normalized spacial score (nSPS) is 12.3. The maximum absolute atomic E-state index is 11.8. The fourth-order valence-corrected chi connectivity index (χ4v) is 6.02. The third kappa shape index (κ3) is 5.94. The van der Waals surface area contributed by atoms with E-state index in [9.17, 15) is 13.0 Å². The summed E-state index contributed by atoms with van der Waals surface area (Å²) in [6.45, 7) is 1.70. The van der Waals surface area contributed by atoms with Crippen LogP contribution in [0.25, 0.3) is 26.7 Å². The van der Waals surface area contributed by atoms with Crippen LogP contribution in [-0.4, -0.2) is 38.2 Å². The first-order chi connectivity index (χ1) is 19.2. The number of fused-ring (bicyclic) bond motifs is 2. The minimum absolute atomic E-state index is 0.166. The van der Waals surface area contributed by atoms with Crippen molar-refractivity contribution in [3.8, 4) is 5.69 Å². The first-order valence-electron chi connectivity index (χ1n) is 10.7. The summed E-state index contributed by atoms with van der Waals surface area (Å²) >= 11 is 2.66. The summed E-state index contributed by atoms with van der Waals surface area (Å²) in [5.74, 6) is 0.166. The van der Waals surface area contributed by atoms with Gasteiger partial charge in [-0.15, -0.1) is 18.9 Å². The van der Waals surface area contributed by atoms with Gasteiger partial charge in [-0.05, 0) is 60.2 Å². The van der Waals surface area contributed by atoms with Crippen molar-refractivity contribution in [2.45, 2.75) is 21.6 Å². The Morgan fingerprint density at radius 2 is 1.80 bits per heavy atom. The minimum Gasteiger partial charge on any atom is -0.382 e. The van der Waals surface area contributed by atoms with E-state index in [4.69, 9.17) is 16.2 Å². The maximum Gasteiger partial charge on any atom is 0.294 e. The third-order valence-corrected chi connectivity index (χ3v) is 8.35. The largest absolute Gasteiger partial charge is 0.382 e. The van der Waals surface area contributed by atoms with Crippen LogP contribution in [0, 0.1) is 6.92 Å². The van der Waals surface area contributed by atoms with Gasteiger partial charge in [-0.1, -0.05) is 27.5 Å². The Balaban J connectivity index is 1.48. The SMILES string of the molecule is Cc1nn(-c2ccc3c(SOOO)cc(S(=O)(=O)O)cc3c2)c(N)c1/N=N/c1nc2cc(SOOO)ccc2s1. The molecule has 0 amide bonds. The van der Waals surface area contributed by atoms with Crippen molar-refractivity contribution in [2.24, 2.45) is 10.2 Å². The molecule has 0 radical (unpaired) electrons. The van der Waals surface area contributed by atoms with Gasteiger partial charge in [0, 0.05) is 9.79 Å². The number of anilines is 1. The zero-order valence-electron chi connectivity index (χ0n) is 19.9. The molecule has 0 fully saturated rings. The first kappa shape index (κ1) is 28.3. The van der Waals surface area contributed by atoms with Gasteiger partial charge in [-0.2, -0.15) is 13.5 Å². The van der Waals surface area contributed by atoms with E-state index in [2.05, 4.69) is 39.1 Å². The fraction of sp³-hybridized carbons (Fsp3) is 0.0476. The van der Waals surface area contributed by atoms with E-state index >= 15 is 0 Å². The van der Waals surface area contributed by atoms with E-state index in [1.807, 2.05) is 6.07 Å². The smallest absolute Gasteiger partial charge is 0.294 e. The molecule has 0 saturated heterocycles. The van der Waals surface area contributed by atoms with Crippen LogP contribution in [0.4, 0.5) is 16.6 Å². The summed E-state index contributed by atoms with van der Waals surface area (Å²) < 4.78 is 44.3. The van der Waals surface area contributed by atoms with Crippen molar-refractivity contribution in [2.75, 3.05) is 5.73 Å². The number of rotatable bonds is 10. The summed E-state index contributed by atoms with van der Waals surface area (Å²) in [5, 5.41) is 38.3. The van der Waals surface area contributed by atoms with Crippen LogP contribution in [0.1, 0.15) is 5.69 Å². The van der Waals surface area contributed by atoms with Crippen LogP contribution in [0.5, 0.6) is 0 Å². The molecule has 40 heavy (non-hydrogen) atoms. The molecule has 5 aromatic rings. The molecular formula is C21H16N6O9S4. The topological polar surface area (TPSA) is 213 Å². The van der Waals surface area contributed by atoms with E-state index < -0.39 is 15.0 Å². The lowest BCUT2D eigenvalue weighted by Crippen LogP contribution is -2.02. The molecule has 19 heteroatoms. The Morgan fingerprint density at radius 3 is 2.55 bits per heavy atom. The van der Waals surface area contributed by atoms with Gasteiger partial charge in [0.15, 0.2) is 11.5 Å². The van der Waals surface area contributed by atoms with E-state index in [0.29, 0.717) is 55.4 Å². The van der Waals surface area contributed by atoms with Crippen LogP contribution in [-0.2, 0) is 28.9 Å². The second-order valence-electron chi connectivity index (χ2n) is 7.81. The summed E-state index contributed by atoms with van der Waals surface area (Å²) in [7, 11) is -4.56. The highest BCUT2D eigenvalue weighted by atomic mass is 32.2. The van der Waals surface area contributed by atoms with Crippen LogP contribution in [0.2, 0.25) is 0 Å². The lowest BCUT2D eigenvalue weighted by Gasteiger charge is -2.10. The molecule has 5 rings (SSSR count). The van der Waals surface area contributed by atoms with Crippen LogP contribution < -0.4 is 5.73 Å². The first-order valence-corrected chi connectivity index (χ1v) is 14.4.